The summed E-state index contributed by atoms with van der Waals surface area (Å²) < 4.78 is 42.5. The molecule has 7 atom stereocenters. The molecule has 0 spiro atoms. The number of nitrogens with two attached hydrogens (primary N) is 1. The van der Waals surface area contributed by atoms with Crippen molar-refractivity contribution in [3.63, 3.8) is 0 Å². The molecule has 3 aromatic rings. The third-order valence-corrected chi connectivity index (χ3v) is 10.5. The molecule has 2 unspecified atom stereocenters. The summed E-state index contributed by atoms with van der Waals surface area (Å²) in [5, 5.41) is 45.7. The fourth-order valence-electron chi connectivity index (χ4n) is 6.61. The predicted octanol–water partition coefficient (Wildman–Crippen LogP) is 4.68. The van der Waals surface area contributed by atoms with Crippen LogP contribution in [0.4, 0.5) is 5.82 Å². The van der Waals surface area contributed by atoms with Crippen LogP contribution in [0, 0.1) is 22.7 Å². The van der Waals surface area contributed by atoms with Crippen LogP contribution in [0.1, 0.15) is 101 Å². The first-order valence-electron chi connectivity index (χ1n) is 17.9. The van der Waals surface area contributed by atoms with Gasteiger partial charge in [0, 0.05) is 6.61 Å². The topological polar surface area (TPSA) is 241 Å². The molecule has 1 aliphatic carbocycles. The van der Waals surface area contributed by atoms with Crippen molar-refractivity contribution >= 4 is 19.2 Å². The number of nitrogen functional groups attached to an aromatic ring is 1. The Morgan fingerprint density at radius 3 is 2.33 bits per heavy atom. The number of hydrogen-bond acceptors (Lipinski definition) is 14. The number of nitriles is 2. The van der Waals surface area contributed by atoms with Gasteiger partial charge < -0.3 is 35.1 Å². The minimum Gasteiger partial charge on any atom is -0.484 e. The number of hydrogen-bond donors (Lipinski definition) is 4. The van der Waals surface area contributed by atoms with Crippen LogP contribution in [0.2, 0.25) is 0 Å². The van der Waals surface area contributed by atoms with E-state index >= 15 is 0 Å². The van der Waals surface area contributed by atoms with Crippen molar-refractivity contribution in [3.8, 4) is 17.9 Å². The largest absolute Gasteiger partial charge is 0.484 e. The highest BCUT2D eigenvalue weighted by Crippen LogP contribution is 2.68. The average molecular weight is 742 g/mol. The smallest absolute Gasteiger partial charge is 0.472 e. The Bertz CT molecular complexity index is 1750. The van der Waals surface area contributed by atoms with Crippen molar-refractivity contribution in [3.05, 3.63) is 48.2 Å². The summed E-state index contributed by atoms with van der Waals surface area (Å²) in [6.07, 6.45) is 11.5. The highest BCUT2D eigenvalue weighted by molar-refractivity contribution is 7.47. The lowest BCUT2D eigenvalue weighted by molar-refractivity contribution is -0.0761. The Hall–Kier alpha value is -3.70. The lowest BCUT2D eigenvalue weighted by Crippen LogP contribution is -2.35. The molecule has 5 rings (SSSR count). The van der Waals surface area contributed by atoms with E-state index in [1.807, 2.05) is 6.07 Å². The number of rotatable bonds is 23. The zero-order valence-corrected chi connectivity index (χ0v) is 30.3. The molecule has 1 saturated heterocycles. The molecular formula is C35H48N7O9P. The third-order valence-electron chi connectivity index (χ3n) is 9.56. The average Bonchev–Trinajstić information content (AvgIpc) is 3.37. The van der Waals surface area contributed by atoms with Gasteiger partial charge >= 0.3 is 7.82 Å². The molecule has 0 radical (unpaired) electrons. The van der Waals surface area contributed by atoms with Crippen molar-refractivity contribution in [1.82, 2.24) is 19.6 Å². The second kappa shape index (κ2) is 17.9. The Kier molecular flexibility index (Phi) is 13.6. The van der Waals surface area contributed by atoms with Gasteiger partial charge in [-0.15, -0.1) is 0 Å². The normalized spacial score (nSPS) is 25.2. The minimum atomic E-state index is -4.97. The minimum absolute atomic E-state index is 0.00359. The first-order chi connectivity index (χ1) is 25.1. The molecule has 3 aromatic heterocycles. The molecule has 0 amide bonds. The summed E-state index contributed by atoms with van der Waals surface area (Å²) in [4.78, 5) is 18.6. The van der Waals surface area contributed by atoms with Gasteiger partial charge in [0.2, 0.25) is 5.60 Å². The molecule has 2 aliphatic rings. The van der Waals surface area contributed by atoms with Gasteiger partial charge in [-0.05, 0) is 30.7 Å². The number of fused-ring (bicyclic) bond motifs is 2. The standard InChI is InChI=1S/C35H48N7O9P/c1-2-3-4-5-6-7-8-9-10-11-12-13-18-47-21-27(49-26-15-14-25(19-36)39-20-26)22-48-52(45,46)51-33-34(23-37)35(33,44)31(43)30(50-34)28-16-17-29-32(38)40-24-41-42(28)29/h14-17,20,24,27,30-31,33,43-44H,2-13,18,21-22H2,1H3,(H,45,46)(H2,38,40,41)/t27-,30+,31+,33?,34-,35-/m1/s1. The van der Waals surface area contributed by atoms with Crippen molar-refractivity contribution < 1.29 is 42.9 Å². The predicted molar refractivity (Wildman–Crippen MR) is 186 cm³/mol. The molecule has 282 valence electrons. The lowest BCUT2D eigenvalue weighted by atomic mass is 10.0. The molecule has 1 saturated carbocycles. The van der Waals surface area contributed by atoms with Gasteiger partial charge in [0.25, 0.3) is 0 Å². The van der Waals surface area contributed by atoms with E-state index in [1.54, 1.807) is 18.2 Å². The van der Waals surface area contributed by atoms with Gasteiger partial charge in [-0.3, -0.25) is 9.05 Å². The molecule has 4 heterocycles. The summed E-state index contributed by atoms with van der Waals surface area (Å²) in [5.41, 5.74) is 2.23. The van der Waals surface area contributed by atoms with Crippen LogP contribution in [0.25, 0.3) is 5.52 Å². The van der Waals surface area contributed by atoms with Gasteiger partial charge in [-0.1, -0.05) is 77.6 Å². The second-order valence-corrected chi connectivity index (χ2v) is 14.7. The summed E-state index contributed by atoms with van der Waals surface area (Å²) in [6, 6.07) is 9.85. The highest BCUT2D eigenvalue weighted by Gasteiger charge is 2.90. The zero-order chi connectivity index (χ0) is 37.2. The molecule has 1 aliphatic heterocycles. The number of aromatic nitrogens is 4. The molecular weight excluding hydrogens is 693 g/mol. The highest BCUT2D eigenvalue weighted by atomic mass is 31.2. The number of nitrogens with zero attached hydrogens (tertiary/aromatic N) is 6. The number of anilines is 1. The number of phosphoric acid groups is 1. The summed E-state index contributed by atoms with van der Waals surface area (Å²) in [7, 11) is -4.97. The van der Waals surface area contributed by atoms with Crippen LogP contribution >= 0.6 is 7.82 Å². The van der Waals surface area contributed by atoms with E-state index < -0.39 is 50.0 Å². The third kappa shape index (κ3) is 8.90. The molecule has 5 N–H and O–H groups in total. The van der Waals surface area contributed by atoms with Crippen LogP contribution in [-0.2, 0) is 23.1 Å². The maximum absolute atomic E-state index is 13.1. The van der Waals surface area contributed by atoms with Gasteiger partial charge in [0.1, 0.15) is 53.7 Å². The van der Waals surface area contributed by atoms with E-state index in [0.717, 1.165) is 19.3 Å². The quantitative estimate of drug-likeness (QED) is 0.0762. The SMILES string of the molecule is CCCCCCCCCCCCCCOC[C@H](COP(=O)(O)OC1[C@@]2(C#N)O[C@@H](c3ccc4c(N)ncnn34)[C@H](O)[C@@]12O)Oc1ccc(C#N)nc1. The van der Waals surface area contributed by atoms with Gasteiger partial charge in [0.05, 0.1) is 25.1 Å². The summed E-state index contributed by atoms with van der Waals surface area (Å²) in [6.45, 7) is 2.19. The first kappa shape index (κ1) is 39.5. The first-order valence-corrected chi connectivity index (χ1v) is 19.4. The monoisotopic (exact) mass is 741 g/mol. The summed E-state index contributed by atoms with van der Waals surface area (Å²) >= 11 is 0. The van der Waals surface area contributed by atoms with Gasteiger partial charge in [-0.25, -0.2) is 19.0 Å². The molecule has 2 fully saturated rings. The maximum Gasteiger partial charge on any atom is 0.472 e. The van der Waals surface area contributed by atoms with Crippen molar-refractivity contribution in [1.29, 1.82) is 10.5 Å². The molecule has 16 nitrogen and oxygen atoms in total. The van der Waals surface area contributed by atoms with Crippen molar-refractivity contribution in [2.75, 3.05) is 25.6 Å². The van der Waals surface area contributed by atoms with Crippen LogP contribution in [0.5, 0.6) is 5.75 Å². The van der Waals surface area contributed by atoms with E-state index in [0.29, 0.717) is 12.1 Å². The summed E-state index contributed by atoms with van der Waals surface area (Å²) in [5.74, 6) is 0.442. The number of unbranched alkanes of at least 4 members (excludes halogenated alkanes) is 11. The number of pyridine rings is 1. The van der Waals surface area contributed by atoms with Crippen molar-refractivity contribution in [2.24, 2.45) is 0 Å². The zero-order valence-electron chi connectivity index (χ0n) is 29.4. The van der Waals surface area contributed by atoms with Crippen LogP contribution in [-0.4, -0.2) is 84.0 Å². The molecule has 52 heavy (non-hydrogen) atoms. The van der Waals surface area contributed by atoms with Gasteiger partial charge in [-0.2, -0.15) is 15.6 Å². The molecule has 0 bridgehead atoms. The fraction of sp³-hybridized carbons (Fsp3) is 0.629. The van der Waals surface area contributed by atoms with Crippen LogP contribution < -0.4 is 10.5 Å². The maximum atomic E-state index is 13.1. The second-order valence-electron chi connectivity index (χ2n) is 13.3. The Labute approximate surface area is 303 Å². The van der Waals surface area contributed by atoms with E-state index in [-0.39, 0.29) is 29.6 Å². The Morgan fingerprint density at radius 1 is 1.02 bits per heavy atom. The number of aliphatic hydroxyl groups is 2. The molecule has 0 aromatic carbocycles. The molecule has 17 heteroatoms. The van der Waals surface area contributed by atoms with E-state index in [1.165, 1.54) is 87.0 Å². The van der Waals surface area contributed by atoms with Crippen molar-refractivity contribution in [2.45, 2.75) is 120 Å². The van der Waals surface area contributed by atoms with E-state index in [2.05, 4.69) is 22.0 Å². The number of phosphoric ester groups is 1. The fourth-order valence-corrected chi connectivity index (χ4v) is 7.60. The Balaban J connectivity index is 1.10. The van der Waals surface area contributed by atoms with Crippen LogP contribution in [0.3, 0.4) is 0 Å². The number of ether oxygens (including phenoxy) is 3. The van der Waals surface area contributed by atoms with Crippen LogP contribution in [0.15, 0.2) is 36.8 Å². The van der Waals surface area contributed by atoms with Gasteiger partial charge in [0.15, 0.2) is 17.5 Å². The number of aliphatic hydroxyl groups excluding tert-OH is 1. The van der Waals surface area contributed by atoms with E-state index in [9.17, 15) is 24.9 Å². The Morgan fingerprint density at radius 2 is 1.71 bits per heavy atom. The lowest BCUT2D eigenvalue weighted by Gasteiger charge is -2.24. The van der Waals surface area contributed by atoms with E-state index in [4.69, 9.17) is 34.3 Å².